The van der Waals surface area contributed by atoms with E-state index in [1.54, 1.807) is 0 Å². The SMILES string of the molecule is CCN(CC)C(CNC(=NC)NCCCOC1CCOCC1)c1ccccc1.I. The number of ether oxygens (including phenoxy) is 2. The number of nitrogens with zero attached hydrogens (tertiary/aromatic N) is 2. The molecule has 1 aromatic carbocycles. The molecular weight excluding hydrogens is 479 g/mol. The molecule has 0 amide bonds. The highest BCUT2D eigenvalue weighted by Gasteiger charge is 2.18. The van der Waals surface area contributed by atoms with E-state index in [2.05, 4.69) is 64.7 Å². The second-order valence-electron chi connectivity index (χ2n) is 7.06. The van der Waals surface area contributed by atoms with Gasteiger partial charge in [-0.1, -0.05) is 44.2 Å². The molecule has 0 bridgehead atoms. The quantitative estimate of drug-likeness (QED) is 0.204. The van der Waals surface area contributed by atoms with Gasteiger partial charge >= 0.3 is 0 Å². The Kier molecular flexibility index (Phi) is 14.3. The molecule has 6 nitrogen and oxygen atoms in total. The molecule has 0 aromatic heterocycles. The highest BCUT2D eigenvalue weighted by Crippen LogP contribution is 2.19. The molecule has 0 aliphatic carbocycles. The van der Waals surface area contributed by atoms with Crippen molar-refractivity contribution in [3.8, 4) is 0 Å². The fraction of sp³-hybridized carbons (Fsp3) is 0.682. The number of likely N-dealkylation sites (N-methyl/N-ethyl adjacent to an activating group) is 1. The van der Waals surface area contributed by atoms with Crippen LogP contribution in [0.1, 0.15) is 44.7 Å². The molecule has 2 N–H and O–H groups in total. The van der Waals surface area contributed by atoms with E-state index in [1.807, 2.05) is 7.05 Å². The monoisotopic (exact) mass is 518 g/mol. The van der Waals surface area contributed by atoms with Gasteiger partial charge in [0.15, 0.2) is 5.96 Å². The standard InChI is InChI=1S/C22H38N4O2.HI/c1-4-26(5-2)21(19-10-7-6-8-11-19)18-25-22(23-3)24-14-9-15-28-20-12-16-27-17-13-20;/h6-8,10-11,20-21H,4-5,9,12-18H2,1-3H3,(H2,23,24,25);1H. The molecule has 7 heteroatoms. The van der Waals surface area contributed by atoms with Crippen molar-refractivity contribution < 1.29 is 9.47 Å². The van der Waals surface area contributed by atoms with Crippen LogP contribution in [0.15, 0.2) is 35.3 Å². The van der Waals surface area contributed by atoms with Crippen LogP contribution in [0.3, 0.4) is 0 Å². The van der Waals surface area contributed by atoms with Crippen molar-refractivity contribution in [1.29, 1.82) is 0 Å². The van der Waals surface area contributed by atoms with E-state index < -0.39 is 0 Å². The minimum absolute atomic E-state index is 0. The van der Waals surface area contributed by atoms with Crippen molar-refractivity contribution in [2.75, 3.05) is 53.0 Å². The van der Waals surface area contributed by atoms with Crippen LogP contribution in [0, 0.1) is 0 Å². The Morgan fingerprint density at radius 3 is 2.48 bits per heavy atom. The van der Waals surface area contributed by atoms with Gasteiger partial charge in [0.25, 0.3) is 0 Å². The van der Waals surface area contributed by atoms with Gasteiger partial charge in [-0.15, -0.1) is 24.0 Å². The molecule has 0 radical (unpaired) electrons. The summed E-state index contributed by atoms with van der Waals surface area (Å²) in [4.78, 5) is 6.84. The number of halogens is 1. The topological polar surface area (TPSA) is 58.1 Å². The number of benzene rings is 1. The first-order valence-corrected chi connectivity index (χ1v) is 10.7. The first-order chi connectivity index (χ1) is 13.8. The molecule has 2 rings (SSSR count). The molecule has 1 aromatic rings. The maximum atomic E-state index is 5.93. The molecule has 1 aliphatic rings. The van der Waals surface area contributed by atoms with Gasteiger partial charge in [-0.3, -0.25) is 9.89 Å². The van der Waals surface area contributed by atoms with E-state index in [0.29, 0.717) is 12.1 Å². The van der Waals surface area contributed by atoms with Gasteiger partial charge in [-0.2, -0.15) is 0 Å². The van der Waals surface area contributed by atoms with Gasteiger partial charge < -0.3 is 20.1 Å². The lowest BCUT2D eigenvalue weighted by Crippen LogP contribution is -2.43. The molecule has 1 aliphatic heterocycles. The van der Waals surface area contributed by atoms with Gasteiger partial charge in [0.05, 0.1) is 12.1 Å². The lowest BCUT2D eigenvalue weighted by Gasteiger charge is -2.30. The van der Waals surface area contributed by atoms with E-state index in [9.17, 15) is 0 Å². The van der Waals surface area contributed by atoms with Crippen molar-refractivity contribution in [1.82, 2.24) is 15.5 Å². The van der Waals surface area contributed by atoms with Crippen LogP contribution in [0.4, 0.5) is 0 Å². The van der Waals surface area contributed by atoms with Gasteiger partial charge in [0.1, 0.15) is 0 Å². The van der Waals surface area contributed by atoms with E-state index in [-0.39, 0.29) is 24.0 Å². The lowest BCUT2D eigenvalue weighted by atomic mass is 10.1. The first-order valence-electron chi connectivity index (χ1n) is 10.7. The van der Waals surface area contributed by atoms with Crippen molar-refractivity contribution in [2.45, 2.75) is 45.3 Å². The fourth-order valence-electron chi connectivity index (χ4n) is 3.58. The number of rotatable bonds is 11. The summed E-state index contributed by atoms with van der Waals surface area (Å²) >= 11 is 0. The predicted octanol–water partition coefficient (Wildman–Crippen LogP) is 3.44. The summed E-state index contributed by atoms with van der Waals surface area (Å²) in [7, 11) is 1.82. The summed E-state index contributed by atoms with van der Waals surface area (Å²) in [5, 5.41) is 6.90. The molecule has 0 saturated carbocycles. The maximum absolute atomic E-state index is 5.93. The van der Waals surface area contributed by atoms with Gasteiger partial charge in [0, 0.05) is 40.0 Å². The van der Waals surface area contributed by atoms with E-state index in [0.717, 1.165) is 71.2 Å². The van der Waals surface area contributed by atoms with Gasteiger partial charge in [0.2, 0.25) is 0 Å². The minimum Gasteiger partial charge on any atom is -0.381 e. The molecule has 1 fully saturated rings. The van der Waals surface area contributed by atoms with Crippen LogP contribution in [-0.4, -0.2) is 70.0 Å². The molecular formula is C22H39IN4O2. The summed E-state index contributed by atoms with van der Waals surface area (Å²) in [5.41, 5.74) is 1.33. The molecule has 1 atom stereocenters. The third kappa shape index (κ3) is 9.63. The molecule has 166 valence electrons. The zero-order chi connectivity index (χ0) is 20.0. The Labute approximate surface area is 193 Å². The van der Waals surface area contributed by atoms with Crippen molar-refractivity contribution >= 4 is 29.9 Å². The summed E-state index contributed by atoms with van der Waals surface area (Å²) in [5.74, 6) is 0.846. The van der Waals surface area contributed by atoms with E-state index in [4.69, 9.17) is 9.47 Å². The van der Waals surface area contributed by atoms with Crippen LogP contribution in [0.25, 0.3) is 0 Å². The average Bonchev–Trinajstić information content (AvgIpc) is 2.76. The summed E-state index contributed by atoms with van der Waals surface area (Å²) < 4.78 is 11.3. The van der Waals surface area contributed by atoms with E-state index in [1.165, 1.54) is 5.56 Å². The molecule has 1 unspecified atom stereocenters. The molecule has 29 heavy (non-hydrogen) atoms. The maximum Gasteiger partial charge on any atom is 0.191 e. The molecule has 1 heterocycles. The van der Waals surface area contributed by atoms with Crippen LogP contribution in [-0.2, 0) is 9.47 Å². The van der Waals surface area contributed by atoms with Crippen LogP contribution < -0.4 is 10.6 Å². The number of hydrogen-bond acceptors (Lipinski definition) is 4. The second-order valence-corrected chi connectivity index (χ2v) is 7.06. The smallest absolute Gasteiger partial charge is 0.191 e. The third-order valence-electron chi connectivity index (χ3n) is 5.26. The van der Waals surface area contributed by atoms with Crippen LogP contribution >= 0.6 is 24.0 Å². The fourth-order valence-corrected chi connectivity index (χ4v) is 3.58. The number of nitrogens with one attached hydrogen (secondary N) is 2. The third-order valence-corrected chi connectivity index (χ3v) is 5.26. The zero-order valence-corrected chi connectivity index (χ0v) is 20.6. The lowest BCUT2D eigenvalue weighted by molar-refractivity contribution is -0.0320. The highest BCUT2D eigenvalue weighted by molar-refractivity contribution is 14.0. The van der Waals surface area contributed by atoms with Crippen LogP contribution in [0.2, 0.25) is 0 Å². The Bertz CT molecular complexity index is 549. The normalized spacial score (nSPS) is 16.3. The minimum atomic E-state index is 0. The number of aliphatic imine (C=N–C) groups is 1. The summed E-state index contributed by atoms with van der Waals surface area (Å²) in [6, 6.07) is 11.0. The predicted molar refractivity (Wildman–Crippen MR) is 131 cm³/mol. The number of guanidine groups is 1. The zero-order valence-electron chi connectivity index (χ0n) is 18.2. The van der Waals surface area contributed by atoms with Crippen molar-refractivity contribution in [3.05, 3.63) is 35.9 Å². The van der Waals surface area contributed by atoms with E-state index >= 15 is 0 Å². The second kappa shape index (κ2) is 15.9. The Morgan fingerprint density at radius 2 is 1.86 bits per heavy atom. The Balaban J connectivity index is 0.00000420. The Morgan fingerprint density at radius 1 is 1.17 bits per heavy atom. The van der Waals surface area contributed by atoms with Gasteiger partial charge in [-0.25, -0.2) is 0 Å². The van der Waals surface area contributed by atoms with Crippen molar-refractivity contribution in [3.63, 3.8) is 0 Å². The average molecular weight is 518 g/mol. The molecule has 1 saturated heterocycles. The largest absolute Gasteiger partial charge is 0.381 e. The first kappa shape index (κ1) is 26.1. The number of hydrogen-bond donors (Lipinski definition) is 2. The highest BCUT2D eigenvalue weighted by atomic mass is 127. The Hall–Kier alpha value is -0.900. The summed E-state index contributed by atoms with van der Waals surface area (Å²) in [6.07, 6.45) is 3.37. The van der Waals surface area contributed by atoms with Crippen molar-refractivity contribution in [2.24, 2.45) is 4.99 Å². The molecule has 0 spiro atoms. The van der Waals surface area contributed by atoms with Crippen LogP contribution in [0.5, 0.6) is 0 Å². The summed E-state index contributed by atoms with van der Waals surface area (Å²) in [6.45, 7) is 10.6. The van der Waals surface area contributed by atoms with Gasteiger partial charge in [-0.05, 0) is 37.9 Å².